The molecule has 4 aromatic rings. The first-order valence-electron chi connectivity index (χ1n) is 8.16. The topological polar surface area (TPSA) is 72.2 Å². The highest BCUT2D eigenvalue weighted by molar-refractivity contribution is 6.05. The molecular weight excluding hydrogens is 347 g/mol. The van der Waals surface area contributed by atoms with Crippen molar-refractivity contribution in [2.75, 3.05) is 5.32 Å². The van der Waals surface area contributed by atoms with Crippen molar-refractivity contribution in [3.05, 3.63) is 94.7 Å². The summed E-state index contributed by atoms with van der Waals surface area (Å²) in [4.78, 5) is 29.5. The van der Waals surface area contributed by atoms with E-state index in [1.54, 1.807) is 42.6 Å². The predicted molar refractivity (Wildman–Crippen MR) is 100 cm³/mol. The van der Waals surface area contributed by atoms with E-state index in [1.165, 1.54) is 30.5 Å². The number of nitrogens with one attached hydrogen (secondary N) is 1. The molecule has 0 saturated heterocycles. The number of nitrogens with zero attached hydrogens (tertiary/aromatic N) is 1. The number of amides is 1. The number of fused-ring (bicyclic) bond motifs is 1. The van der Waals surface area contributed by atoms with Crippen molar-refractivity contribution in [2.24, 2.45) is 0 Å². The standard InChI is InChI=1S/C21H13FN2O3/c22-15-9-7-13(8-10-15)18-19(25)16-5-1-2-6-17(16)27-21(18)24-20(26)14-4-3-11-23-12-14/h1-12H,(H,24,26). The van der Waals surface area contributed by atoms with E-state index in [4.69, 9.17) is 4.42 Å². The zero-order valence-electron chi connectivity index (χ0n) is 14.0. The summed E-state index contributed by atoms with van der Waals surface area (Å²) in [5.41, 5.74) is 0.946. The van der Waals surface area contributed by atoms with Crippen LogP contribution in [0.15, 0.2) is 82.3 Å². The summed E-state index contributed by atoms with van der Waals surface area (Å²) in [6, 6.07) is 15.4. The molecule has 0 unspecified atom stereocenters. The third-order valence-corrected chi connectivity index (χ3v) is 4.08. The van der Waals surface area contributed by atoms with Gasteiger partial charge in [-0.2, -0.15) is 0 Å². The van der Waals surface area contributed by atoms with E-state index >= 15 is 0 Å². The van der Waals surface area contributed by atoms with Gasteiger partial charge in [0.15, 0.2) is 0 Å². The summed E-state index contributed by atoms with van der Waals surface area (Å²) in [5, 5.41) is 3.01. The second-order valence-electron chi connectivity index (χ2n) is 5.83. The smallest absolute Gasteiger partial charge is 0.259 e. The van der Waals surface area contributed by atoms with Crippen molar-refractivity contribution < 1.29 is 13.6 Å². The highest BCUT2D eigenvalue weighted by Crippen LogP contribution is 2.29. The van der Waals surface area contributed by atoms with Gasteiger partial charge in [-0.3, -0.25) is 19.9 Å². The van der Waals surface area contributed by atoms with E-state index < -0.39 is 11.7 Å². The number of rotatable bonds is 3. The van der Waals surface area contributed by atoms with Gasteiger partial charge in [-0.1, -0.05) is 24.3 Å². The first-order valence-corrected chi connectivity index (χ1v) is 8.16. The zero-order chi connectivity index (χ0) is 18.8. The monoisotopic (exact) mass is 360 g/mol. The van der Waals surface area contributed by atoms with Crippen LogP contribution in [0.3, 0.4) is 0 Å². The fourth-order valence-corrected chi connectivity index (χ4v) is 2.78. The van der Waals surface area contributed by atoms with Crippen molar-refractivity contribution in [1.29, 1.82) is 0 Å². The van der Waals surface area contributed by atoms with Crippen LogP contribution in [0.25, 0.3) is 22.1 Å². The second-order valence-corrected chi connectivity index (χ2v) is 5.83. The van der Waals surface area contributed by atoms with Crippen LogP contribution in [0.4, 0.5) is 10.3 Å². The maximum Gasteiger partial charge on any atom is 0.259 e. The van der Waals surface area contributed by atoms with E-state index in [-0.39, 0.29) is 16.9 Å². The number of pyridine rings is 1. The van der Waals surface area contributed by atoms with Gasteiger partial charge in [-0.05, 0) is 42.0 Å². The Morgan fingerprint density at radius 1 is 1.00 bits per heavy atom. The Morgan fingerprint density at radius 3 is 2.52 bits per heavy atom. The average Bonchev–Trinajstić information content (AvgIpc) is 2.70. The number of halogens is 1. The van der Waals surface area contributed by atoms with E-state index in [0.29, 0.717) is 22.1 Å². The molecule has 4 rings (SSSR count). The fraction of sp³-hybridized carbons (Fsp3) is 0. The zero-order valence-corrected chi connectivity index (χ0v) is 14.0. The third-order valence-electron chi connectivity index (χ3n) is 4.08. The molecule has 132 valence electrons. The molecule has 2 aromatic carbocycles. The van der Waals surface area contributed by atoms with Crippen molar-refractivity contribution in [3.8, 4) is 11.1 Å². The van der Waals surface area contributed by atoms with Gasteiger partial charge in [0.05, 0.1) is 16.5 Å². The number of benzene rings is 2. The lowest BCUT2D eigenvalue weighted by molar-refractivity contribution is 0.102. The van der Waals surface area contributed by atoms with Crippen LogP contribution in [0.5, 0.6) is 0 Å². The van der Waals surface area contributed by atoms with E-state index in [9.17, 15) is 14.0 Å². The van der Waals surface area contributed by atoms with Crippen LogP contribution in [0.2, 0.25) is 0 Å². The molecule has 2 aromatic heterocycles. The van der Waals surface area contributed by atoms with Crippen LogP contribution in [0.1, 0.15) is 10.4 Å². The summed E-state index contributed by atoms with van der Waals surface area (Å²) < 4.78 is 19.1. The number of hydrogen-bond acceptors (Lipinski definition) is 4. The predicted octanol–water partition coefficient (Wildman–Crippen LogP) is 4.25. The van der Waals surface area contributed by atoms with Gasteiger partial charge in [0.1, 0.15) is 11.4 Å². The molecule has 0 fully saturated rings. The number of hydrogen-bond donors (Lipinski definition) is 1. The summed E-state index contributed by atoms with van der Waals surface area (Å²) in [6.45, 7) is 0. The molecule has 0 saturated carbocycles. The van der Waals surface area contributed by atoms with E-state index in [0.717, 1.165) is 0 Å². The molecule has 2 heterocycles. The highest BCUT2D eigenvalue weighted by Gasteiger charge is 2.19. The molecule has 0 aliphatic rings. The van der Waals surface area contributed by atoms with Gasteiger partial charge in [-0.15, -0.1) is 0 Å². The molecule has 5 nitrogen and oxygen atoms in total. The lowest BCUT2D eigenvalue weighted by Gasteiger charge is -2.11. The van der Waals surface area contributed by atoms with Crippen molar-refractivity contribution in [3.63, 3.8) is 0 Å². The Labute approximate surface area is 153 Å². The molecule has 0 aliphatic carbocycles. The van der Waals surface area contributed by atoms with E-state index in [2.05, 4.69) is 10.3 Å². The van der Waals surface area contributed by atoms with Crippen LogP contribution in [-0.4, -0.2) is 10.9 Å². The number of carbonyl (C=O) groups is 1. The Hall–Kier alpha value is -3.80. The number of carbonyl (C=O) groups excluding carboxylic acids is 1. The van der Waals surface area contributed by atoms with Gasteiger partial charge >= 0.3 is 0 Å². The minimum Gasteiger partial charge on any atom is -0.439 e. The second kappa shape index (κ2) is 6.84. The molecule has 0 atom stereocenters. The largest absolute Gasteiger partial charge is 0.439 e. The highest BCUT2D eigenvalue weighted by atomic mass is 19.1. The van der Waals surface area contributed by atoms with Crippen LogP contribution in [-0.2, 0) is 0 Å². The molecule has 27 heavy (non-hydrogen) atoms. The van der Waals surface area contributed by atoms with Gasteiger partial charge in [0.2, 0.25) is 11.3 Å². The lowest BCUT2D eigenvalue weighted by atomic mass is 10.0. The van der Waals surface area contributed by atoms with Gasteiger partial charge in [-0.25, -0.2) is 4.39 Å². The fourth-order valence-electron chi connectivity index (χ4n) is 2.78. The SMILES string of the molecule is O=C(Nc1oc2ccccc2c(=O)c1-c1ccc(F)cc1)c1cccnc1. The van der Waals surface area contributed by atoms with Crippen LogP contribution < -0.4 is 10.7 Å². The Bertz CT molecular complexity index is 1190. The average molecular weight is 360 g/mol. The minimum atomic E-state index is -0.468. The molecule has 0 radical (unpaired) electrons. The summed E-state index contributed by atoms with van der Waals surface area (Å²) >= 11 is 0. The van der Waals surface area contributed by atoms with Crippen LogP contribution >= 0.6 is 0 Å². The van der Waals surface area contributed by atoms with Crippen molar-refractivity contribution in [1.82, 2.24) is 4.98 Å². The summed E-state index contributed by atoms with van der Waals surface area (Å²) in [6.07, 6.45) is 2.96. The first-order chi connectivity index (χ1) is 13.1. The number of para-hydroxylation sites is 1. The lowest BCUT2D eigenvalue weighted by Crippen LogP contribution is -2.16. The minimum absolute atomic E-state index is 0.000777. The quantitative estimate of drug-likeness (QED) is 0.593. The molecule has 0 bridgehead atoms. The normalized spacial score (nSPS) is 10.7. The number of anilines is 1. The third kappa shape index (κ3) is 3.20. The summed E-state index contributed by atoms with van der Waals surface area (Å²) in [7, 11) is 0. The Kier molecular flexibility index (Phi) is 4.22. The molecule has 1 amide bonds. The maximum absolute atomic E-state index is 13.3. The van der Waals surface area contributed by atoms with Crippen molar-refractivity contribution >= 4 is 22.8 Å². The van der Waals surface area contributed by atoms with Gasteiger partial charge < -0.3 is 4.42 Å². The molecule has 1 N–H and O–H groups in total. The Balaban J connectivity index is 1.90. The molecule has 0 aliphatic heterocycles. The molecular formula is C21H13FN2O3. The van der Waals surface area contributed by atoms with Gasteiger partial charge in [0, 0.05) is 12.4 Å². The molecule has 6 heteroatoms. The first kappa shape index (κ1) is 16.7. The van der Waals surface area contributed by atoms with Crippen molar-refractivity contribution in [2.45, 2.75) is 0 Å². The Morgan fingerprint density at radius 2 is 1.78 bits per heavy atom. The summed E-state index contributed by atoms with van der Waals surface area (Å²) in [5.74, 6) is -0.895. The van der Waals surface area contributed by atoms with Gasteiger partial charge in [0.25, 0.3) is 5.91 Å². The maximum atomic E-state index is 13.3. The number of aromatic nitrogens is 1. The molecule has 0 spiro atoms. The van der Waals surface area contributed by atoms with Crippen LogP contribution in [0, 0.1) is 5.82 Å². The van der Waals surface area contributed by atoms with E-state index in [1.807, 2.05) is 0 Å².